The van der Waals surface area contributed by atoms with Crippen LogP contribution in [0.2, 0.25) is 0 Å². The third-order valence-corrected chi connectivity index (χ3v) is 14.1. The third-order valence-electron chi connectivity index (χ3n) is 13.0. The maximum Gasteiger partial charge on any atom is 0.0623 e. The minimum absolute atomic E-state index is 0.287. The van der Waals surface area contributed by atoms with E-state index in [0.717, 1.165) is 17.1 Å². The molecule has 3 heterocycles. The van der Waals surface area contributed by atoms with Crippen molar-refractivity contribution in [2.75, 3.05) is 4.90 Å². The van der Waals surface area contributed by atoms with Crippen LogP contribution >= 0.6 is 11.3 Å². The van der Waals surface area contributed by atoms with Gasteiger partial charge in [0.1, 0.15) is 0 Å². The molecule has 1 aliphatic carbocycles. The summed E-state index contributed by atoms with van der Waals surface area (Å²) in [5.41, 5.74) is 16.2. The molecule has 0 bridgehead atoms. The van der Waals surface area contributed by atoms with Crippen LogP contribution in [0.3, 0.4) is 0 Å². The van der Waals surface area contributed by atoms with Gasteiger partial charge in [-0.2, -0.15) is 0 Å². The average molecular weight is 743 g/mol. The highest BCUT2D eigenvalue weighted by atomic mass is 32.1. The molecule has 266 valence electrons. The molecule has 0 spiro atoms. The highest BCUT2D eigenvalue weighted by Crippen LogP contribution is 2.60. The smallest absolute Gasteiger partial charge is 0.0623 e. The van der Waals surface area contributed by atoms with E-state index in [-0.39, 0.29) is 5.41 Å². The summed E-state index contributed by atoms with van der Waals surface area (Å²) >= 11 is 1.87. The number of anilines is 3. The molecular weight excluding hydrogens is 709 g/mol. The topological polar surface area (TPSA) is 8.17 Å². The minimum atomic E-state index is -0.287. The first kappa shape index (κ1) is 31.3. The van der Waals surface area contributed by atoms with Gasteiger partial charge in [-0.05, 0) is 88.7 Å². The van der Waals surface area contributed by atoms with Crippen molar-refractivity contribution in [2.24, 2.45) is 0 Å². The molecule has 1 unspecified atom stereocenters. The summed E-state index contributed by atoms with van der Waals surface area (Å²) in [6.45, 7) is 2.43. The number of para-hydroxylation sites is 1. The summed E-state index contributed by atoms with van der Waals surface area (Å²) in [6.07, 6.45) is 0. The van der Waals surface area contributed by atoms with Gasteiger partial charge in [-0.3, -0.25) is 0 Å². The molecule has 2 aromatic heterocycles. The largest absolute Gasteiger partial charge is 0.310 e. The Labute approximate surface area is 334 Å². The normalized spacial score (nSPS) is 15.2. The van der Waals surface area contributed by atoms with Crippen molar-refractivity contribution in [1.82, 2.24) is 4.57 Å². The lowest BCUT2D eigenvalue weighted by atomic mass is 9.74. The van der Waals surface area contributed by atoms with E-state index in [1.54, 1.807) is 0 Å². The van der Waals surface area contributed by atoms with Crippen LogP contribution < -0.4 is 4.90 Å². The molecule has 11 aromatic rings. The summed E-state index contributed by atoms with van der Waals surface area (Å²) in [6, 6.07) is 70.3. The van der Waals surface area contributed by atoms with Crippen molar-refractivity contribution in [3.63, 3.8) is 0 Å². The number of benzene rings is 9. The molecule has 0 N–H and O–H groups in total. The summed E-state index contributed by atoms with van der Waals surface area (Å²) in [5.74, 6) is 0. The molecule has 0 fully saturated rings. The second-order valence-electron chi connectivity index (χ2n) is 15.8. The van der Waals surface area contributed by atoms with Gasteiger partial charge in [-0.15, -0.1) is 11.3 Å². The zero-order valence-electron chi connectivity index (χ0n) is 31.2. The van der Waals surface area contributed by atoms with Crippen molar-refractivity contribution in [3.05, 3.63) is 205 Å². The number of rotatable bonds is 4. The lowest BCUT2D eigenvalue weighted by molar-refractivity contribution is 0.714. The predicted octanol–water partition coefficient (Wildman–Crippen LogP) is 15.1. The number of nitrogens with zero attached hydrogens (tertiary/aromatic N) is 2. The molecule has 9 aromatic carbocycles. The molecule has 0 saturated carbocycles. The van der Waals surface area contributed by atoms with Gasteiger partial charge in [0.2, 0.25) is 0 Å². The summed E-state index contributed by atoms with van der Waals surface area (Å²) in [5, 5.41) is 7.61. The van der Waals surface area contributed by atoms with Crippen molar-refractivity contribution < 1.29 is 0 Å². The Morgan fingerprint density at radius 1 is 0.474 bits per heavy atom. The van der Waals surface area contributed by atoms with Gasteiger partial charge in [-0.25, -0.2) is 0 Å². The van der Waals surface area contributed by atoms with E-state index in [9.17, 15) is 0 Å². The molecule has 0 amide bonds. The molecule has 13 rings (SSSR count). The first-order chi connectivity index (χ1) is 28.2. The fourth-order valence-corrected chi connectivity index (χ4v) is 11.5. The Balaban J connectivity index is 1.14. The Morgan fingerprint density at radius 2 is 1.18 bits per heavy atom. The maximum atomic E-state index is 2.58. The monoisotopic (exact) mass is 742 g/mol. The van der Waals surface area contributed by atoms with E-state index in [1.807, 2.05) is 11.3 Å². The fourth-order valence-electron chi connectivity index (χ4n) is 10.4. The van der Waals surface area contributed by atoms with Gasteiger partial charge in [0.05, 0.1) is 22.4 Å². The van der Waals surface area contributed by atoms with E-state index in [0.29, 0.717) is 0 Å². The number of aromatic nitrogens is 1. The summed E-state index contributed by atoms with van der Waals surface area (Å²) < 4.78 is 5.20. The molecule has 0 radical (unpaired) electrons. The highest BCUT2D eigenvalue weighted by Gasteiger charge is 2.44. The van der Waals surface area contributed by atoms with Crippen LogP contribution in [0.1, 0.15) is 23.6 Å². The SMILES string of the molecule is CC1(c2ccccc2)c2cccc3c2-c2c1ccc1c4ccccc4n(c21)-c1cc(N(c2ccc4sc5ccccc5c4c2)c2cccc4ccccc24)ccc1-3. The van der Waals surface area contributed by atoms with Gasteiger partial charge >= 0.3 is 0 Å². The quantitative estimate of drug-likeness (QED) is 0.174. The Morgan fingerprint density at radius 3 is 2.09 bits per heavy atom. The minimum Gasteiger partial charge on any atom is -0.310 e. The van der Waals surface area contributed by atoms with E-state index in [1.165, 1.54) is 97.4 Å². The number of thiophene rings is 1. The molecule has 3 heteroatoms. The Bertz CT molecular complexity index is 3490. The van der Waals surface area contributed by atoms with Crippen molar-refractivity contribution in [2.45, 2.75) is 12.3 Å². The average Bonchev–Trinajstić information content (AvgIpc) is 3.87. The van der Waals surface area contributed by atoms with E-state index < -0.39 is 0 Å². The van der Waals surface area contributed by atoms with Crippen LogP contribution in [-0.2, 0) is 5.41 Å². The zero-order valence-corrected chi connectivity index (χ0v) is 32.0. The molecular formula is C54H34N2S. The van der Waals surface area contributed by atoms with Crippen molar-refractivity contribution in [3.8, 4) is 27.9 Å². The summed E-state index contributed by atoms with van der Waals surface area (Å²) in [4.78, 5) is 2.48. The molecule has 2 nitrogen and oxygen atoms in total. The Hall–Kier alpha value is -6.94. The van der Waals surface area contributed by atoms with Crippen LogP contribution in [0, 0.1) is 0 Å². The lowest BCUT2D eigenvalue weighted by Crippen LogP contribution is -2.22. The van der Waals surface area contributed by atoms with Gasteiger partial charge < -0.3 is 9.47 Å². The second kappa shape index (κ2) is 11.3. The van der Waals surface area contributed by atoms with Gasteiger partial charge in [-0.1, -0.05) is 140 Å². The van der Waals surface area contributed by atoms with E-state index in [4.69, 9.17) is 0 Å². The van der Waals surface area contributed by atoms with Crippen LogP contribution in [-0.4, -0.2) is 4.57 Å². The second-order valence-corrected chi connectivity index (χ2v) is 16.9. The lowest BCUT2D eigenvalue weighted by Gasteiger charge is -2.29. The highest BCUT2D eigenvalue weighted by molar-refractivity contribution is 7.25. The standard InChI is InChI=1S/C54H34N2S/c1-54(34-15-3-2-4-16-34)44-21-12-20-41-39-27-25-36(32-48(39)56-47-22-9-7-18-38(47)42-28-29-45(54)52(51(41)44)53(42)56)55(46-23-11-14-33-13-5-6-17-37(33)46)35-26-30-50-43(31-35)40-19-8-10-24-49(40)57-50/h2-32H,1H3. The third kappa shape index (κ3) is 4.09. The van der Waals surface area contributed by atoms with Gasteiger partial charge in [0, 0.05) is 64.2 Å². The van der Waals surface area contributed by atoms with Crippen LogP contribution in [0.4, 0.5) is 17.1 Å². The molecule has 0 saturated heterocycles. The summed E-state index contributed by atoms with van der Waals surface area (Å²) in [7, 11) is 0. The molecule has 2 aliphatic rings. The van der Waals surface area contributed by atoms with Crippen molar-refractivity contribution in [1.29, 1.82) is 0 Å². The first-order valence-corrected chi connectivity index (χ1v) is 20.6. The van der Waals surface area contributed by atoms with Crippen LogP contribution in [0.15, 0.2) is 188 Å². The molecule has 1 atom stereocenters. The number of hydrogen-bond acceptors (Lipinski definition) is 2. The predicted molar refractivity (Wildman–Crippen MR) is 242 cm³/mol. The van der Waals surface area contributed by atoms with Crippen molar-refractivity contribution >= 4 is 81.1 Å². The fraction of sp³-hybridized carbons (Fsp3) is 0.0370. The van der Waals surface area contributed by atoms with E-state index in [2.05, 4.69) is 204 Å². The number of hydrogen-bond donors (Lipinski definition) is 0. The molecule has 57 heavy (non-hydrogen) atoms. The van der Waals surface area contributed by atoms with E-state index >= 15 is 0 Å². The maximum absolute atomic E-state index is 2.58. The number of fused-ring (bicyclic) bond motifs is 10. The van der Waals surface area contributed by atoms with Gasteiger partial charge in [0.25, 0.3) is 0 Å². The molecule has 1 aliphatic heterocycles. The first-order valence-electron chi connectivity index (χ1n) is 19.8. The Kier molecular flexibility index (Phi) is 6.21. The van der Waals surface area contributed by atoms with Crippen LogP contribution in [0.5, 0.6) is 0 Å². The van der Waals surface area contributed by atoms with Gasteiger partial charge in [0.15, 0.2) is 0 Å². The zero-order chi connectivity index (χ0) is 37.4. The van der Waals surface area contributed by atoms with Crippen LogP contribution in [0.25, 0.3) is 80.7 Å².